The van der Waals surface area contributed by atoms with Gasteiger partial charge in [0.25, 0.3) is 0 Å². The molecule has 0 unspecified atom stereocenters. The molecule has 1 N–H and O–H groups in total. The van der Waals surface area contributed by atoms with Gasteiger partial charge in [-0.1, -0.05) is 32.0 Å². The molecule has 1 aromatic heterocycles. The summed E-state index contributed by atoms with van der Waals surface area (Å²) in [7, 11) is 0. The van der Waals surface area contributed by atoms with E-state index in [0.717, 1.165) is 41.0 Å². The zero-order valence-electron chi connectivity index (χ0n) is 13.5. The first-order valence-corrected chi connectivity index (χ1v) is 7.69. The molecule has 2 aromatic rings. The van der Waals surface area contributed by atoms with Crippen LogP contribution in [0.1, 0.15) is 33.6 Å². The maximum Gasteiger partial charge on any atom is 0.242 e. The standard InChI is InChI=1S/C17H20N4O.ClH/c1-4-12(5-2)17-19-15-10-18-14-9-7-6-8-13(14)16(15)21(20-17)11(3)22;/h6-10,12H,4-5H2,1-3H3,(H,19,20);1H. The van der Waals surface area contributed by atoms with Crippen molar-refractivity contribution in [2.45, 2.75) is 33.6 Å². The number of nitrogens with zero attached hydrogens (tertiary/aromatic N) is 3. The number of hydrogen-bond donors (Lipinski definition) is 1. The maximum atomic E-state index is 12.1. The number of pyridine rings is 1. The van der Waals surface area contributed by atoms with Gasteiger partial charge in [0.05, 0.1) is 11.7 Å². The van der Waals surface area contributed by atoms with E-state index in [2.05, 4.69) is 24.3 Å². The molecule has 1 aliphatic heterocycles. The molecule has 1 aliphatic rings. The molecule has 122 valence electrons. The van der Waals surface area contributed by atoms with Gasteiger partial charge in [-0.3, -0.25) is 15.2 Å². The molecule has 0 aliphatic carbocycles. The highest BCUT2D eigenvalue weighted by Crippen LogP contribution is 2.37. The molecule has 0 spiro atoms. The second-order valence-corrected chi connectivity index (χ2v) is 5.49. The number of amides is 1. The zero-order valence-corrected chi connectivity index (χ0v) is 14.4. The first kappa shape index (κ1) is 17.2. The lowest BCUT2D eigenvalue weighted by Gasteiger charge is -2.32. The number of amidine groups is 1. The quantitative estimate of drug-likeness (QED) is 0.924. The number of aliphatic imine (C=N–C) groups is 1. The number of hydrazine groups is 1. The molecule has 1 aromatic carbocycles. The van der Waals surface area contributed by atoms with Gasteiger partial charge in [0.1, 0.15) is 17.2 Å². The van der Waals surface area contributed by atoms with Crippen molar-refractivity contribution in [3.63, 3.8) is 0 Å². The highest BCUT2D eigenvalue weighted by molar-refractivity contribution is 6.10. The summed E-state index contributed by atoms with van der Waals surface area (Å²) in [6, 6.07) is 7.79. The molecular formula is C17H21ClN4O. The summed E-state index contributed by atoms with van der Waals surface area (Å²) in [5.41, 5.74) is 5.60. The van der Waals surface area contributed by atoms with E-state index in [0.29, 0.717) is 5.92 Å². The number of anilines is 1. The first-order valence-electron chi connectivity index (χ1n) is 7.69. The van der Waals surface area contributed by atoms with Crippen LogP contribution in [0.5, 0.6) is 0 Å². The van der Waals surface area contributed by atoms with Gasteiger partial charge < -0.3 is 0 Å². The summed E-state index contributed by atoms with van der Waals surface area (Å²) in [5.74, 6) is 1.09. The van der Waals surface area contributed by atoms with E-state index in [1.165, 1.54) is 0 Å². The summed E-state index contributed by atoms with van der Waals surface area (Å²) in [5, 5.41) is 2.52. The van der Waals surface area contributed by atoms with E-state index < -0.39 is 0 Å². The summed E-state index contributed by atoms with van der Waals surface area (Å²) < 4.78 is 0. The zero-order chi connectivity index (χ0) is 15.7. The lowest BCUT2D eigenvalue weighted by Crippen LogP contribution is -2.49. The molecule has 6 heteroatoms. The number of aromatic nitrogens is 1. The van der Waals surface area contributed by atoms with Gasteiger partial charge in [-0.2, -0.15) is 0 Å². The van der Waals surface area contributed by atoms with E-state index in [1.807, 2.05) is 24.3 Å². The van der Waals surface area contributed by atoms with Gasteiger partial charge in [0.15, 0.2) is 0 Å². The van der Waals surface area contributed by atoms with Gasteiger partial charge >= 0.3 is 0 Å². The number of fused-ring (bicyclic) bond motifs is 3. The predicted molar refractivity (Wildman–Crippen MR) is 96.5 cm³/mol. The van der Waals surface area contributed by atoms with Crippen LogP contribution in [0.4, 0.5) is 11.4 Å². The van der Waals surface area contributed by atoms with Crippen molar-refractivity contribution in [1.29, 1.82) is 0 Å². The minimum atomic E-state index is -0.0593. The van der Waals surface area contributed by atoms with Crippen LogP contribution in [-0.4, -0.2) is 16.7 Å². The number of rotatable bonds is 3. The van der Waals surface area contributed by atoms with E-state index in [9.17, 15) is 4.79 Å². The average Bonchev–Trinajstić information content (AvgIpc) is 2.55. The van der Waals surface area contributed by atoms with E-state index in [4.69, 9.17) is 4.99 Å². The average molecular weight is 333 g/mol. The van der Waals surface area contributed by atoms with Gasteiger partial charge in [-0.25, -0.2) is 10.0 Å². The Labute approximate surface area is 142 Å². The molecule has 0 radical (unpaired) electrons. The Morgan fingerprint density at radius 3 is 2.61 bits per heavy atom. The molecule has 0 atom stereocenters. The second-order valence-electron chi connectivity index (χ2n) is 5.49. The van der Waals surface area contributed by atoms with E-state index >= 15 is 0 Å². The van der Waals surface area contributed by atoms with Crippen molar-refractivity contribution in [3.05, 3.63) is 30.5 Å². The fraction of sp³-hybridized carbons (Fsp3) is 0.353. The van der Waals surface area contributed by atoms with Crippen molar-refractivity contribution in [2.24, 2.45) is 10.9 Å². The first-order chi connectivity index (χ1) is 10.7. The number of carbonyl (C=O) groups excluding carboxylic acids is 1. The third kappa shape index (κ3) is 3.01. The number of benzene rings is 1. The molecule has 0 fully saturated rings. The summed E-state index contributed by atoms with van der Waals surface area (Å²) in [6.07, 6.45) is 3.70. The minimum absolute atomic E-state index is 0. The summed E-state index contributed by atoms with van der Waals surface area (Å²) >= 11 is 0. The third-order valence-electron chi connectivity index (χ3n) is 4.11. The van der Waals surface area contributed by atoms with Crippen molar-refractivity contribution in [3.8, 4) is 0 Å². The molecule has 23 heavy (non-hydrogen) atoms. The normalized spacial score (nSPS) is 13.2. The van der Waals surface area contributed by atoms with Crippen molar-refractivity contribution in [2.75, 3.05) is 5.01 Å². The lowest BCUT2D eigenvalue weighted by atomic mass is 10.0. The number of halogens is 1. The Kier molecular flexibility index (Phi) is 5.21. The van der Waals surface area contributed by atoms with Crippen LogP contribution in [0, 0.1) is 5.92 Å². The number of para-hydroxylation sites is 1. The fourth-order valence-corrected chi connectivity index (χ4v) is 2.85. The van der Waals surface area contributed by atoms with Gasteiger partial charge in [-0.15, -0.1) is 12.4 Å². The van der Waals surface area contributed by atoms with Crippen LogP contribution in [0.15, 0.2) is 35.5 Å². The molecular weight excluding hydrogens is 312 g/mol. The van der Waals surface area contributed by atoms with Gasteiger partial charge in [-0.05, 0) is 18.9 Å². The molecule has 2 heterocycles. The molecule has 0 saturated heterocycles. The predicted octanol–water partition coefficient (Wildman–Crippen LogP) is 3.99. The highest BCUT2D eigenvalue weighted by atomic mass is 35.5. The number of hydrogen-bond acceptors (Lipinski definition) is 4. The fourth-order valence-electron chi connectivity index (χ4n) is 2.85. The Bertz CT molecular complexity index is 755. The van der Waals surface area contributed by atoms with Crippen LogP contribution >= 0.6 is 12.4 Å². The Morgan fingerprint density at radius 2 is 1.96 bits per heavy atom. The highest BCUT2D eigenvalue weighted by Gasteiger charge is 2.27. The monoisotopic (exact) mass is 332 g/mol. The number of nitrogens with one attached hydrogen (secondary N) is 1. The smallest absolute Gasteiger partial charge is 0.242 e. The van der Waals surface area contributed by atoms with Crippen LogP contribution < -0.4 is 10.4 Å². The maximum absolute atomic E-state index is 12.1. The van der Waals surface area contributed by atoms with Crippen LogP contribution in [0.2, 0.25) is 0 Å². The van der Waals surface area contributed by atoms with Crippen LogP contribution in [0.3, 0.4) is 0 Å². The van der Waals surface area contributed by atoms with E-state index in [1.54, 1.807) is 18.1 Å². The lowest BCUT2D eigenvalue weighted by molar-refractivity contribution is -0.117. The SMILES string of the molecule is CCC(CC)C1=Nc2cnc3ccccc3c2N(C(C)=O)N1.Cl. The summed E-state index contributed by atoms with van der Waals surface area (Å²) in [4.78, 5) is 21.3. The molecule has 0 bridgehead atoms. The molecule has 3 rings (SSSR count). The van der Waals surface area contributed by atoms with Crippen LogP contribution in [0.25, 0.3) is 10.9 Å². The second kappa shape index (κ2) is 6.96. The Balaban J connectivity index is 0.00000192. The Morgan fingerprint density at radius 1 is 1.26 bits per heavy atom. The van der Waals surface area contributed by atoms with Crippen molar-refractivity contribution in [1.82, 2.24) is 10.4 Å². The van der Waals surface area contributed by atoms with Gasteiger partial charge in [0, 0.05) is 18.2 Å². The molecule has 1 amide bonds. The van der Waals surface area contributed by atoms with Crippen molar-refractivity contribution < 1.29 is 4.79 Å². The van der Waals surface area contributed by atoms with Crippen LogP contribution in [-0.2, 0) is 4.79 Å². The van der Waals surface area contributed by atoms with E-state index in [-0.39, 0.29) is 18.3 Å². The minimum Gasteiger partial charge on any atom is -0.278 e. The van der Waals surface area contributed by atoms with Crippen molar-refractivity contribution >= 4 is 46.4 Å². The van der Waals surface area contributed by atoms with Gasteiger partial charge in [0.2, 0.25) is 5.91 Å². The number of carbonyl (C=O) groups is 1. The third-order valence-corrected chi connectivity index (χ3v) is 4.11. The topological polar surface area (TPSA) is 57.6 Å². The molecule has 0 saturated carbocycles. The Hall–Kier alpha value is -2.14. The largest absolute Gasteiger partial charge is 0.278 e. The summed E-state index contributed by atoms with van der Waals surface area (Å²) in [6.45, 7) is 5.82. The molecule has 5 nitrogen and oxygen atoms in total.